The van der Waals surface area contributed by atoms with E-state index in [0.717, 1.165) is 36.6 Å². The fourth-order valence-electron chi connectivity index (χ4n) is 2.80. The van der Waals surface area contributed by atoms with Gasteiger partial charge in [-0.25, -0.2) is 0 Å². The molecule has 0 aromatic heterocycles. The van der Waals surface area contributed by atoms with Gasteiger partial charge < -0.3 is 9.80 Å². The molecule has 2 aromatic rings. The first-order valence-electron chi connectivity index (χ1n) is 8.11. The molecular formula is C19H23N2OS+. The molecule has 3 rings (SSSR count). The summed E-state index contributed by atoms with van der Waals surface area (Å²) in [6, 6.07) is 20.3. The van der Waals surface area contributed by atoms with Gasteiger partial charge in [-0.2, -0.15) is 0 Å². The van der Waals surface area contributed by atoms with Gasteiger partial charge in [0.05, 0.1) is 33.2 Å². The van der Waals surface area contributed by atoms with Crippen molar-refractivity contribution in [2.45, 2.75) is 10.1 Å². The lowest BCUT2D eigenvalue weighted by Gasteiger charge is -2.32. The molecule has 1 N–H and O–H groups in total. The van der Waals surface area contributed by atoms with Crippen molar-refractivity contribution in [1.29, 1.82) is 0 Å². The second kappa shape index (κ2) is 7.66. The molecule has 23 heavy (non-hydrogen) atoms. The molecule has 1 aliphatic heterocycles. The van der Waals surface area contributed by atoms with Gasteiger partial charge in [0.2, 0.25) is 5.91 Å². The number of quaternary nitrogens is 1. The SMILES string of the molecule is C[NH+]1CCN(C(=O)C(Sc2ccccc2)c2ccccc2)CC1. The minimum atomic E-state index is -0.169. The number of piperazine rings is 1. The summed E-state index contributed by atoms with van der Waals surface area (Å²) in [4.78, 5) is 17.8. The van der Waals surface area contributed by atoms with E-state index >= 15 is 0 Å². The van der Waals surface area contributed by atoms with Crippen LogP contribution in [-0.2, 0) is 4.79 Å². The second-order valence-electron chi connectivity index (χ2n) is 6.00. The maximum Gasteiger partial charge on any atom is 0.240 e. The fraction of sp³-hybridized carbons (Fsp3) is 0.316. The molecule has 0 aliphatic carbocycles. The number of hydrogen-bond acceptors (Lipinski definition) is 2. The maximum atomic E-state index is 13.1. The predicted octanol–water partition coefficient (Wildman–Crippen LogP) is 1.88. The van der Waals surface area contributed by atoms with E-state index in [9.17, 15) is 4.79 Å². The van der Waals surface area contributed by atoms with Gasteiger partial charge in [-0.15, -0.1) is 11.8 Å². The Labute approximate surface area is 142 Å². The first-order chi connectivity index (χ1) is 11.2. The van der Waals surface area contributed by atoms with Crippen LogP contribution in [-0.4, -0.2) is 44.0 Å². The summed E-state index contributed by atoms with van der Waals surface area (Å²) in [5, 5.41) is -0.169. The van der Waals surface area contributed by atoms with E-state index < -0.39 is 0 Å². The standard InChI is InChI=1S/C19H22N2OS/c1-20-12-14-21(15-13-20)19(22)18(16-8-4-2-5-9-16)23-17-10-6-3-7-11-17/h2-11,18H,12-15H2,1H3/p+1. The summed E-state index contributed by atoms with van der Waals surface area (Å²) in [5.74, 6) is 0.234. The largest absolute Gasteiger partial charge is 0.334 e. The van der Waals surface area contributed by atoms with Crippen LogP contribution >= 0.6 is 11.8 Å². The zero-order valence-electron chi connectivity index (χ0n) is 13.4. The van der Waals surface area contributed by atoms with Crippen LogP contribution in [0.25, 0.3) is 0 Å². The molecule has 0 bridgehead atoms. The van der Waals surface area contributed by atoms with E-state index in [1.807, 2.05) is 41.3 Å². The van der Waals surface area contributed by atoms with E-state index in [4.69, 9.17) is 0 Å². The van der Waals surface area contributed by atoms with Crippen LogP contribution < -0.4 is 4.90 Å². The Morgan fingerprint density at radius 3 is 2.17 bits per heavy atom. The third-order valence-electron chi connectivity index (χ3n) is 4.25. The van der Waals surface area contributed by atoms with Gasteiger partial charge in [0.1, 0.15) is 5.25 Å². The Morgan fingerprint density at radius 1 is 1.00 bits per heavy atom. The van der Waals surface area contributed by atoms with E-state index in [0.29, 0.717) is 0 Å². The number of nitrogens with one attached hydrogen (secondary N) is 1. The highest BCUT2D eigenvalue weighted by Gasteiger charge is 2.29. The summed E-state index contributed by atoms with van der Waals surface area (Å²) in [7, 11) is 2.19. The number of nitrogens with zero attached hydrogens (tertiary/aromatic N) is 1. The summed E-state index contributed by atoms with van der Waals surface area (Å²) >= 11 is 1.65. The number of thioether (sulfide) groups is 1. The molecule has 1 amide bonds. The lowest BCUT2D eigenvalue weighted by Crippen LogP contribution is -3.12. The van der Waals surface area contributed by atoms with E-state index in [2.05, 4.69) is 31.3 Å². The number of amides is 1. The van der Waals surface area contributed by atoms with Crippen LogP contribution in [0.2, 0.25) is 0 Å². The molecule has 1 atom stereocenters. The smallest absolute Gasteiger partial charge is 0.240 e. The van der Waals surface area contributed by atoms with Gasteiger partial charge in [0, 0.05) is 4.90 Å². The zero-order valence-corrected chi connectivity index (χ0v) is 14.3. The van der Waals surface area contributed by atoms with E-state index in [1.54, 1.807) is 11.8 Å². The van der Waals surface area contributed by atoms with Crippen LogP contribution in [0.1, 0.15) is 10.8 Å². The van der Waals surface area contributed by atoms with Crippen molar-refractivity contribution in [3.63, 3.8) is 0 Å². The first-order valence-corrected chi connectivity index (χ1v) is 8.99. The normalized spacial score (nSPS) is 17.0. The van der Waals surface area contributed by atoms with Crippen molar-refractivity contribution < 1.29 is 9.69 Å². The van der Waals surface area contributed by atoms with Crippen molar-refractivity contribution in [1.82, 2.24) is 4.90 Å². The summed E-state index contributed by atoms with van der Waals surface area (Å²) in [6.45, 7) is 3.76. The Bertz CT molecular complexity index is 624. The third kappa shape index (κ3) is 4.15. The molecule has 3 nitrogen and oxygen atoms in total. The number of hydrogen-bond donors (Lipinski definition) is 1. The van der Waals surface area contributed by atoms with Crippen LogP contribution in [0.4, 0.5) is 0 Å². The lowest BCUT2D eigenvalue weighted by atomic mass is 10.1. The summed E-state index contributed by atoms with van der Waals surface area (Å²) in [5.41, 5.74) is 1.08. The molecule has 1 saturated heterocycles. The maximum absolute atomic E-state index is 13.1. The highest BCUT2D eigenvalue weighted by Crippen LogP contribution is 2.36. The van der Waals surface area contributed by atoms with Crippen molar-refractivity contribution in [3.05, 3.63) is 66.2 Å². The first kappa shape index (κ1) is 16.1. The predicted molar refractivity (Wildman–Crippen MR) is 94.7 cm³/mol. The van der Waals surface area contributed by atoms with Crippen LogP contribution in [0.15, 0.2) is 65.6 Å². The topological polar surface area (TPSA) is 24.8 Å². The van der Waals surface area contributed by atoms with E-state index in [-0.39, 0.29) is 11.2 Å². The molecule has 1 fully saturated rings. The molecule has 1 unspecified atom stereocenters. The molecule has 1 heterocycles. The molecule has 0 spiro atoms. The molecule has 120 valence electrons. The molecule has 0 radical (unpaired) electrons. The minimum Gasteiger partial charge on any atom is -0.334 e. The number of carbonyl (C=O) groups is 1. The van der Waals surface area contributed by atoms with E-state index in [1.165, 1.54) is 4.90 Å². The molecule has 2 aromatic carbocycles. The zero-order chi connectivity index (χ0) is 16.1. The van der Waals surface area contributed by atoms with Crippen molar-refractivity contribution in [2.24, 2.45) is 0 Å². The highest BCUT2D eigenvalue weighted by atomic mass is 32.2. The number of benzene rings is 2. The lowest BCUT2D eigenvalue weighted by molar-refractivity contribution is -0.883. The Morgan fingerprint density at radius 2 is 1.57 bits per heavy atom. The van der Waals surface area contributed by atoms with Gasteiger partial charge in [0.15, 0.2) is 0 Å². The fourth-order valence-corrected chi connectivity index (χ4v) is 3.93. The highest BCUT2D eigenvalue weighted by molar-refractivity contribution is 8.00. The molecular weight excluding hydrogens is 304 g/mol. The Kier molecular flexibility index (Phi) is 5.36. The average molecular weight is 327 g/mol. The van der Waals surface area contributed by atoms with Crippen molar-refractivity contribution in [3.8, 4) is 0 Å². The minimum absolute atomic E-state index is 0.169. The van der Waals surface area contributed by atoms with Gasteiger partial charge in [0.25, 0.3) is 0 Å². The Hall–Kier alpha value is -1.78. The summed E-state index contributed by atoms with van der Waals surface area (Å²) in [6.07, 6.45) is 0. The van der Waals surface area contributed by atoms with Crippen LogP contribution in [0.3, 0.4) is 0 Å². The molecule has 1 aliphatic rings. The second-order valence-corrected chi connectivity index (χ2v) is 7.18. The van der Waals surface area contributed by atoms with Gasteiger partial charge in [-0.1, -0.05) is 48.5 Å². The van der Waals surface area contributed by atoms with Gasteiger partial charge in [-0.3, -0.25) is 4.79 Å². The monoisotopic (exact) mass is 327 g/mol. The van der Waals surface area contributed by atoms with Gasteiger partial charge in [-0.05, 0) is 17.7 Å². The third-order valence-corrected chi connectivity index (χ3v) is 5.51. The summed E-state index contributed by atoms with van der Waals surface area (Å²) < 4.78 is 0. The number of carbonyl (C=O) groups excluding carboxylic acids is 1. The van der Waals surface area contributed by atoms with Crippen LogP contribution in [0, 0.1) is 0 Å². The molecule has 0 saturated carbocycles. The number of rotatable bonds is 4. The van der Waals surface area contributed by atoms with Crippen molar-refractivity contribution in [2.75, 3.05) is 33.2 Å². The average Bonchev–Trinajstić information content (AvgIpc) is 2.61. The van der Waals surface area contributed by atoms with Crippen LogP contribution in [0.5, 0.6) is 0 Å². The quantitative estimate of drug-likeness (QED) is 0.867. The Balaban J connectivity index is 1.81. The number of likely N-dealkylation sites (N-methyl/N-ethyl adjacent to an activating group) is 1. The molecule has 4 heteroatoms. The van der Waals surface area contributed by atoms with Crippen molar-refractivity contribution >= 4 is 17.7 Å². The van der Waals surface area contributed by atoms with Gasteiger partial charge >= 0.3 is 0 Å².